The average molecular weight is 300 g/mol. The summed E-state index contributed by atoms with van der Waals surface area (Å²) in [5.41, 5.74) is -1.12. The van der Waals surface area contributed by atoms with Gasteiger partial charge in [0.2, 0.25) is 0 Å². The Kier molecular flexibility index (Phi) is 9.02. The van der Waals surface area contributed by atoms with E-state index >= 15 is 0 Å². The molecule has 6 nitrogen and oxygen atoms in total. The van der Waals surface area contributed by atoms with Crippen LogP contribution < -0.4 is 0 Å². The molecule has 0 aliphatic rings. The van der Waals surface area contributed by atoms with Crippen LogP contribution in [0.2, 0.25) is 0 Å². The quantitative estimate of drug-likeness (QED) is 0.636. The molecule has 0 heterocycles. The Balaban J connectivity index is 0. The van der Waals surface area contributed by atoms with Gasteiger partial charge in [0.1, 0.15) is 11.2 Å². The fourth-order valence-corrected chi connectivity index (χ4v) is 0.808. The van der Waals surface area contributed by atoms with E-state index < -0.39 is 29.1 Å². The minimum atomic E-state index is -0.981. The van der Waals surface area contributed by atoms with Gasteiger partial charge in [-0.15, -0.1) is 0 Å². The molecule has 0 bridgehead atoms. The van der Waals surface area contributed by atoms with Gasteiger partial charge >= 0.3 is 17.9 Å². The van der Waals surface area contributed by atoms with E-state index in [9.17, 15) is 14.4 Å². The summed E-state index contributed by atoms with van der Waals surface area (Å²) in [7, 11) is 0. The van der Waals surface area contributed by atoms with Crippen molar-refractivity contribution >= 4 is 17.9 Å². The summed E-state index contributed by atoms with van der Waals surface area (Å²) in [6, 6.07) is 0. The summed E-state index contributed by atoms with van der Waals surface area (Å²) in [4.78, 5) is 31.7. The van der Waals surface area contributed by atoms with E-state index in [1.165, 1.54) is 0 Å². The molecule has 0 atom stereocenters. The lowest BCUT2D eigenvalue weighted by Crippen LogP contribution is -2.24. The molecule has 0 saturated heterocycles. The standard InChI is InChI=1S/C12H20O4.C3H4O2/c1-11(2,3)15-9(13)7-8-10(14)16-12(4,5)6;1-2-3(4)5/h7-8H,1-6H3;2H,1H2,(H,4,5)/b8-7-;. The monoisotopic (exact) mass is 300 g/mol. The highest BCUT2D eigenvalue weighted by Gasteiger charge is 2.16. The zero-order valence-electron chi connectivity index (χ0n) is 13.4. The highest BCUT2D eigenvalue weighted by atomic mass is 16.6. The van der Waals surface area contributed by atoms with Crippen molar-refractivity contribution in [1.29, 1.82) is 0 Å². The molecular formula is C15H24O6. The van der Waals surface area contributed by atoms with Crippen molar-refractivity contribution in [1.82, 2.24) is 0 Å². The number of carbonyl (C=O) groups excluding carboxylic acids is 2. The minimum Gasteiger partial charge on any atom is -0.478 e. The summed E-state index contributed by atoms with van der Waals surface area (Å²) < 4.78 is 9.97. The molecule has 21 heavy (non-hydrogen) atoms. The van der Waals surface area contributed by atoms with Gasteiger partial charge in [0.05, 0.1) is 0 Å². The van der Waals surface area contributed by atoms with Crippen LogP contribution in [0.25, 0.3) is 0 Å². The molecule has 6 heteroatoms. The predicted octanol–water partition coefficient (Wildman–Crippen LogP) is 2.48. The third kappa shape index (κ3) is 20.4. The number of carbonyl (C=O) groups is 3. The van der Waals surface area contributed by atoms with Gasteiger partial charge in [0.25, 0.3) is 0 Å². The number of hydrogen-bond acceptors (Lipinski definition) is 5. The maximum absolute atomic E-state index is 11.2. The van der Waals surface area contributed by atoms with E-state index in [1.54, 1.807) is 41.5 Å². The molecule has 0 rings (SSSR count). The summed E-state index contributed by atoms with van der Waals surface area (Å²) in [5, 5.41) is 7.60. The van der Waals surface area contributed by atoms with Crippen LogP contribution in [0.4, 0.5) is 0 Å². The number of rotatable bonds is 3. The molecule has 0 aliphatic carbocycles. The first-order valence-electron chi connectivity index (χ1n) is 6.26. The van der Waals surface area contributed by atoms with E-state index in [0.717, 1.165) is 18.2 Å². The molecule has 0 amide bonds. The second kappa shape index (κ2) is 8.94. The Labute approximate surface area is 125 Å². The number of esters is 2. The van der Waals surface area contributed by atoms with Crippen molar-refractivity contribution < 1.29 is 29.0 Å². The van der Waals surface area contributed by atoms with Gasteiger partial charge in [-0.1, -0.05) is 6.58 Å². The lowest BCUT2D eigenvalue weighted by atomic mass is 10.2. The van der Waals surface area contributed by atoms with E-state index in [1.807, 2.05) is 0 Å². The van der Waals surface area contributed by atoms with Crippen molar-refractivity contribution in [3.05, 3.63) is 24.8 Å². The van der Waals surface area contributed by atoms with Gasteiger partial charge in [-0.2, -0.15) is 0 Å². The summed E-state index contributed by atoms with van der Waals surface area (Å²) in [6.07, 6.45) is 2.97. The molecule has 1 N–H and O–H groups in total. The molecule has 0 unspecified atom stereocenters. The number of ether oxygens (including phenoxy) is 2. The fraction of sp³-hybridized carbons (Fsp3) is 0.533. The van der Waals surface area contributed by atoms with Crippen LogP contribution in [-0.4, -0.2) is 34.2 Å². The summed E-state index contributed by atoms with van der Waals surface area (Å²) in [5.74, 6) is -2.10. The van der Waals surface area contributed by atoms with Crippen molar-refractivity contribution in [3.63, 3.8) is 0 Å². The molecular weight excluding hydrogens is 276 g/mol. The van der Waals surface area contributed by atoms with Gasteiger partial charge in [-0.05, 0) is 41.5 Å². The number of aliphatic carboxylic acids is 1. The van der Waals surface area contributed by atoms with Gasteiger partial charge < -0.3 is 14.6 Å². The molecule has 0 aliphatic heterocycles. The Morgan fingerprint density at radius 1 is 0.857 bits per heavy atom. The van der Waals surface area contributed by atoms with Gasteiger partial charge in [0, 0.05) is 18.2 Å². The molecule has 120 valence electrons. The molecule has 0 fully saturated rings. The average Bonchev–Trinajstić information content (AvgIpc) is 2.22. The Hall–Kier alpha value is -2.11. The van der Waals surface area contributed by atoms with Crippen molar-refractivity contribution in [2.24, 2.45) is 0 Å². The third-order valence-electron chi connectivity index (χ3n) is 1.34. The fourth-order valence-electron chi connectivity index (χ4n) is 0.808. The minimum absolute atomic E-state index is 0.557. The predicted molar refractivity (Wildman–Crippen MR) is 78.7 cm³/mol. The van der Waals surface area contributed by atoms with Crippen LogP contribution in [0.5, 0.6) is 0 Å². The molecule has 0 aromatic rings. The zero-order valence-corrected chi connectivity index (χ0v) is 13.4. The van der Waals surface area contributed by atoms with Gasteiger partial charge in [0.15, 0.2) is 0 Å². The maximum atomic E-state index is 11.2. The van der Waals surface area contributed by atoms with Crippen molar-refractivity contribution in [2.75, 3.05) is 0 Å². The Morgan fingerprint density at radius 3 is 1.24 bits per heavy atom. The Morgan fingerprint density at radius 2 is 1.10 bits per heavy atom. The summed E-state index contributed by atoms with van der Waals surface area (Å²) >= 11 is 0. The molecule has 0 aromatic carbocycles. The topological polar surface area (TPSA) is 89.9 Å². The molecule has 0 spiro atoms. The van der Waals surface area contributed by atoms with Crippen LogP contribution in [-0.2, 0) is 23.9 Å². The van der Waals surface area contributed by atoms with Crippen molar-refractivity contribution in [2.45, 2.75) is 52.7 Å². The second-order valence-corrected chi connectivity index (χ2v) is 5.94. The molecule has 0 radical (unpaired) electrons. The number of carboxylic acids is 1. The maximum Gasteiger partial charge on any atom is 0.331 e. The van der Waals surface area contributed by atoms with Gasteiger partial charge in [-0.3, -0.25) is 0 Å². The third-order valence-corrected chi connectivity index (χ3v) is 1.34. The first-order chi connectivity index (χ1) is 9.26. The van der Waals surface area contributed by atoms with E-state index in [2.05, 4.69) is 6.58 Å². The largest absolute Gasteiger partial charge is 0.478 e. The highest BCUT2D eigenvalue weighted by Crippen LogP contribution is 2.09. The van der Waals surface area contributed by atoms with Crippen LogP contribution in [0.3, 0.4) is 0 Å². The lowest BCUT2D eigenvalue weighted by molar-refractivity contribution is -0.151. The molecule has 0 aromatic heterocycles. The Bertz CT molecular complexity index is 377. The smallest absolute Gasteiger partial charge is 0.331 e. The zero-order chi connectivity index (χ0) is 17.3. The van der Waals surface area contributed by atoms with Crippen LogP contribution >= 0.6 is 0 Å². The van der Waals surface area contributed by atoms with Crippen LogP contribution in [0.15, 0.2) is 24.8 Å². The van der Waals surface area contributed by atoms with Crippen LogP contribution in [0, 0.1) is 0 Å². The van der Waals surface area contributed by atoms with Gasteiger partial charge in [-0.25, -0.2) is 14.4 Å². The number of carboxylic acid groups (broad SMARTS) is 1. The second-order valence-electron chi connectivity index (χ2n) is 5.94. The normalized spacial score (nSPS) is 11.1. The number of hydrogen-bond donors (Lipinski definition) is 1. The molecule has 0 saturated carbocycles. The highest BCUT2D eigenvalue weighted by molar-refractivity contribution is 5.91. The SMILES string of the molecule is C=CC(=O)O.CC(C)(C)OC(=O)/C=C\C(=O)OC(C)(C)C. The van der Waals surface area contributed by atoms with E-state index in [4.69, 9.17) is 14.6 Å². The first-order valence-corrected chi connectivity index (χ1v) is 6.26. The van der Waals surface area contributed by atoms with Crippen LogP contribution in [0.1, 0.15) is 41.5 Å². The first kappa shape index (κ1) is 21.2. The van der Waals surface area contributed by atoms with Crippen molar-refractivity contribution in [3.8, 4) is 0 Å². The lowest BCUT2D eigenvalue weighted by Gasteiger charge is -2.19. The van der Waals surface area contributed by atoms with E-state index in [0.29, 0.717) is 0 Å². The summed E-state index contributed by atoms with van der Waals surface area (Å²) in [6.45, 7) is 13.5. The van der Waals surface area contributed by atoms with E-state index in [-0.39, 0.29) is 0 Å².